The van der Waals surface area contributed by atoms with Crippen molar-refractivity contribution in [3.8, 4) is 17.3 Å². The Morgan fingerprint density at radius 1 is 1.35 bits per heavy atom. The third-order valence-electron chi connectivity index (χ3n) is 2.45. The predicted molar refractivity (Wildman–Crippen MR) is 79.6 cm³/mol. The lowest BCUT2D eigenvalue weighted by Crippen LogP contribution is -2.34. The number of rotatable bonds is 3. The molecule has 1 aromatic heterocycles. The standard InChI is InChI=1S/C14H14N4OS/c1-9(2)16-13(19)18-14-17-12(8-20-14)11-5-3-10(7-15)4-6-11/h3-6,8-9H,1-2H3,(H2,16,17,18,19). The monoisotopic (exact) mass is 286 g/mol. The first kappa shape index (κ1) is 14.0. The summed E-state index contributed by atoms with van der Waals surface area (Å²) in [7, 11) is 0. The lowest BCUT2D eigenvalue weighted by molar-refractivity contribution is 0.250. The van der Waals surface area contributed by atoms with Gasteiger partial charge in [0.15, 0.2) is 5.13 Å². The van der Waals surface area contributed by atoms with Gasteiger partial charge in [0.2, 0.25) is 0 Å². The van der Waals surface area contributed by atoms with Crippen LogP contribution in [0.15, 0.2) is 29.6 Å². The number of thiazole rings is 1. The minimum Gasteiger partial charge on any atom is -0.336 e. The first-order valence-electron chi connectivity index (χ1n) is 6.12. The van der Waals surface area contributed by atoms with Crippen LogP contribution < -0.4 is 10.6 Å². The number of nitrogens with zero attached hydrogens (tertiary/aromatic N) is 2. The molecule has 0 saturated heterocycles. The Morgan fingerprint density at radius 2 is 2.05 bits per heavy atom. The van der Waals surface area contributed by atoms with E-state index in [4.69, 9.17) is 5.26 Å². The van der Waals surface area contributed by atoms with Gasteiger partial charge >= 0.3 is 6.03 Å². The molecule has 0 atom stereocenters. The summed E-state index contributed by atoms with van der Waals surface area (Å²) >= 11 is 1.36. The van der Waals surface area contributed by atoms with Gasteiger partial charge in [-0.3, -0.25) is 5.32 Å². The molecule has 20 heavy (non-hydrogen) atoms. The zero-order chi connectivity index (χ0) is 14.5. The van der Waals surface area contributed by atoms with Gasteiger partial charge in [-0.25, -0.2) is 9.78 Å². The van der Waals surface area contributed by atoms with Crippen molar-refractivity contribution >= 4 is 22.5 Å². The Labute approximate surface area is 121 Å². The van der Waals surface area contributed by atoms with Crippen LogP contribution in [0.1, 0.15) is 19.4 Å². The Hall–Kier alpha value is -2.39. The highest BCUT2D eigenvalue weighted by Gasteiger charge is 2.08. The van der Waals surface area contributed by atoms with E-state index in [0.29, 0.717) is 10.7 Å². The Bertz CT molecular complexity index is 640. The molecule has 5 nitrogen and oxygen atoms in total. The maximum atomic E-state index is 11.6. The molecule has 2 amide bonds. The van der Waals surface area contributed by atoms with Crippen molar-refractivity contribution in [3.63, 3.8) is 0 Å². The Balaban J connectivity index is 2.08. The highest BCUT2D eigenvalue weighted by Crippen LogP contribution is 2.24. The summed E-state index contributed by atoms with van der Waals surface area (Å²) < 4.78 is 0. The normalized spacial score (nSPS) is 10.1. The summed E-state index contributed by atoms with van der Waals surface area (Å²) in [6, 6.07) is 9.05. The summed E-state index contributed by atoms with van der Waals surface area (Å²) in [4.78, 5) is 15.9. The van der Waals surface area contributed by atoms with E-state index in [-0.39, 0.29) is 12.1 Å². The number of carbonyl (C=O) groups is 1. The van der Waals surface area contributed by atoms with Crippen LogP contribution in [-0.4, -0.2) is 17.1 Å². The number of nitriles is 1. The largest absolute Gasteiger partial charge is 0.336 e. The molecule has 0 spiro atoms. The third-order valence-corrected chi connectivity index (χ3v) is 3.21. The van der Waals surface area contributed by atoms with Gasteiger partial charge < -0.3 is 5.32 Å². The van der Waals surface area contributed by atoms with Gasteiger partial charge in [-0.05, 0) is 26.0 Å². The fourth-order valence-corrected chi connectivity index (χ4v) is 2.29. The number of hydrogen-bond donors (Lipinski definition) is 2. The van der Waals surface area contributed by atoms with E-state index in [9.17, 15) is 4.79 Å². The van der Waals surface area contributed by atoms with Gasteiger partial charge in [0.1, 0.15) is 0 Å². The molecular weight excluding hydrogens is 272 g/mol. The molecule has 1 aromatic carbocycles. The van der Waals surface area contributed by atoms with E-state index in [1.54, 1.807) is 12.1 Å². The number of anilines is 1. The van der Waals surface area contributed by atoms with Gasteiger partial charge in [0.05, 0.1) is 17.3 Å². The van der Waals surface area contributed by atoms with Crippen molar-refractivity contribution in [1.82, 2.24) is 10.3 Å². The van der Waals surface area contributed by atoms with Gasteiger partial charge in [-0.2, -0.15) is 5.26 Å². The minimum absolute atomic E-state index is 0.0768. The van der Waals surface area contributed by atoms with Crippen LogP contribution >= 0.6 is 11.3 Å². The summed E-state index contributed by atoms with van der Waals surface area (Å²) in [6.45, 7) is 3.78. The second-order valence-electron chi connectivity index (χ2n) is 4.48. The first-order valence-corrected chi connectivity index (χ1v) is 7.00. The quantitative estimate of drug-likeness (QED) is 0.909. The van der Waals surface area contributed by atoms with E-state index < -0.39 is 0 Å². The molecule has 0 aliphatic carbocycles. The second-order valence-corrected chi connectivity index (χ2v) is 5.34. The molecule has 0 unspecified atom stereocenters. The van der Waals surface area contributed by atoms with E-state index in [1.165, 1.54) is 11.3 Å². The smallest absolute Gasteiger partial charge is 0.321 e. The summed E-state index contributed by atoms with van der Waals surface area (Å²) in [6.07, 6.45) is 0. The van der Waals surface area contributed by atoms with Crippen molar-refractivity contribution in [2.45, 2.75) is 19.9 Å². The van der Waals surface area contributed by atoms with Crippen molar-refractivity contribution in [3.05, 3.63) is 35.2 Å². The van der Waals surface area contributed by atoms with Crippen LogP contribution in [0.4, 0.5) is 9.93 Å². The number of benzene rings is 1. The molecule has 6 heteroatoms. The molecule has 0 bridgehead atoms. The van der Waals surface area contributed by atoms with Crippen LogP contribution in [0.3, 0.4) is 0 Å². The van der Waals surface area contributed by atoms with Crippen molar-refractivity contribution in [1.29, 1.82) is 5.26 Å². The Morgan fingerprint density at radius 3 is 2.65 bits per heavy atom. The highest BCUT2D eigenvalue weighted by molar-refractivity contribution is 7.14. The van der Waals surface area contributed by atoms with Crippen LogP contribution in [0.2, 0.25) is 0 Å². The zero-order valence-electron chi connectivity index (χ0n) is 11.2. The van der Waals surface area contributed by atoms with Crippen LogP contribution in [0, 0.1) is 11.3 Å². The third kappa shape index (κ3) is 3.56. The molecule has 0 aliphatic heterocycles. The Kier molecular flexibility index (Phi) is 4.33. The number of amides is 2. The molecule has 0 saturated carbocycles. The van der Waals surface area contributed by atoms with E-state index in [1.807, 2.05) is 31.4 Å². The first-order chi connectivity index (χ1) is 9.58. The van der Waals surface area contributed by atoms with Gasteiger partial charge in [-0.15, -0.1) is 11.3 Å². The van der Waals surface area contributed by atoms with Crippen molar-refractivity contribution in [2.24, 2.45) is 0 Å². The van der Waals surface area contributed by atoms with Gasteiger partial charge in [0, 0.05) is 17.0 Å². The van der Waals surface area contributed by atoms with Crippen LogP contribution in [0.25, 0.3) is 11.3 Å². The van der Waals surface area contributed by atoms with Gasteiger partial charge in [0.25, 0.3) is 0 Å². The highest BCUT2D eigenvalue weighted by atomic mass is 32.1. The summed E-state index contributed by atoms with van der Waals surface area (Å²) in [5, 5.41) is 16.6. The number of hydrogen-bond acceptors (Lipinski definition) is 4. The number of aromatic nitrogens is 1. The molecule has 102 valence electrons. The molecule has 2 aromatic rings. The molecular formula is C14H14N4OS. The van der Waals surface area contributed by atoms with Crippen molar-refractivity contribution in [2.75, 3.05) is 5.32 Å². The van der Waals surface area contributed by atoms with E-state index in [2.05, 4.69) is 21.7 Å². The molecule has 0 fully saturated rings. The summed E-state index contributed by atoms with van der Waals surface area (Å²) in [5.74, 6) is 0. The maximum absolute atomic E-state index is 11.6. The number of nitrogens with one attached hydrogen (secondary N) is 2. The number of urea groups is 1. The molecule has 0 aliphatic rings. The lowest BCUT2D eigenvalue weighted by atomic mass is 10.1. The summed E-state index contributed by atoms with van der Waals surface area (Å²) in [5.41, 5.74) is 2.30. The molecule has 1 heterocycles. The van der Waals surface area contributed by atoms with Crippen LogP contribution in [-0.2, 0) is 0 Å². The molecule has 2 N–H and O–H groups in total. The SMILES string of the molecule is CC(C)NC(=O)Nc1nc(-c2ccc(C#N)cc2)cs1. The minimum atomic E-state index is -0.263. The second kappa shape index (κ2) is 6.17. The molecule has 0 radical (unpaired) electrons. The van der Waals surface area contributed by atoms with Gasteiger partial charge in [-0.1, -0.05) is 12.1 Å². The van der Waals surface area contributed by atoms with E-state index >= 15 is 0 Å². The number of carbonyl (C=O) groups excluding carboxylic acids is 1. The lowest BCUT2D eigenvalue weighted by Gasteiger charge is -2.07. The fourth-order valence-electron chi connectivity index (χ4n) is 1.57. The molecule has 2 rings (SSSR count). The van der Waals surface area contributed by atoms with E-state index in [0.717, 1.165) is 11.3 Å². The predicted octanol–water partition coefficient (Wildman–Crippen LogP) is 3.21. The average Bonchev–Trinajstić information content (AvgIpc) is 2.86. The topological polar surface area (TPSA) is 77.8 Å². The fraction of sp³-hybridized carbons (Fsp3) is 0.214. The zero-order valence-corrected chi connectivity index (χ0v) is 12.0. The van der Waals surface area contributed by atoms with Crippen molar-refractivity contribution < 1.29 is 4.79 Å². The maximum Gasteiger partial charge on any atom is 0.321 e. The van der Waals surface area contributed by atoms with Crippen LogP contribution in [0.5, 0.6) is 0 Å². The average molecular weight is 286 g/mol.